The number of H-pyrrole nitrogens is 1. The zero-order valence-corrected chi connectivity index (χ0v) is 17.5. The summed E-state index contributed by atoms with van der Waals surface area (Å²) in [5.74, 6) is 2.14. The van der Waals surface area contributed by atoms with Crippen LogP contribution in [0.3, 0.4) is 0 Å². The van der Waals surface area contributed by atoms with Crippen LogP contribution in [0.25, 0.3) is 11.4 Å². The molecule has 2 aromatic carbocycles. The molecule has 0 aliphatic carbocycles. The summed E-state index contributed by atoms with van der Waals surface area (Å²) in [5.41, 5.74) is 1.75. The van der Waals surface area contributed by atoms with E-state index in [-0.39, 0.29) is 6.10 Å². The highest BCUT2D eigenvalue weighted by Gasteiger charge is 2.10. The van der Waals surface area contributed by atoms with E-state index in [1.165, 1.54) is 0 Å². The van der Waals surface area contributed by atoms with E-state index in [0.717, 1.165) is 27.1 Å². The van der Waals surface area contributed by atoms with Gasteiger partial charge in [0.2, 0.25) is 4.77 Å². The second-order valence-corrected chi connectivity index (χ2v) is 7.24. The van der Waals surface area contributed by atoms with Crippen LogP contribution >= 0.6 is 28.1 Å². The number of rotatable bonds is 6. The average molecular weight is 447 g/mol. The number of halogens is 1. The Kier molecular flexibility index (Phi) is 6.08. The third-order valence-corrected chi connectivity index (χ3v) is 4.50. The molecule has 3 aromatic rings. The van der Waals surface area contributed by atoms with Crippen LogP contribution in [0.5, 0.6) is 11.5 Å². The number of ether oxygens (including phenoxy) is 2. The molecule has 0 bridgehead atoms. The van der Waals surface area contributed by atoms with Gasteiger partial charge in [0.05, 0.1) is 23.9 Å². The summed E-state index contributed by atoms with van der Waals surface area (Å²) in [6.07, 6.45) is 1.81. The van der Waals surface area contributed by atoms with Crippen LogP contribution in [0.15, 0.2) is 52.0 Å². The van der Waals surface area contributed by atoms with Crippen molar-refractivity contribution in [2.24, 2.45) is 5.10 Å². The number of hydrogen-bond acceptors (Lipinski definition) is 5. The minimum absolute atomic E-state index is 0.0904. The SMILES string of the molecule is COc1ccc(/C=N/n2c(-c3cccc(OC(C)C)c3)n[nH]c2=S)cc1Br. The van der Waals surface area contributed by atoms with E-state index in [1.54, 1.807) is 18.0 Å². The lowest BCUT2D eigenvalue weighted by Crippen LogP contribution is -2.05. The molecular formula is C19H19BrN4O2S. The lowest BCUT2D eigenvalue weighted by molar-refractivity contribution is 0.242. The first kappa shape index (κ1) is 19.3. The molecule has 27 heavy (non-hydrogen) atoms. The van der Waals surface area contributed by atoms with E-state index in [2.05, 4.69) is 31.2 Å². The van der Waals surface area contributed by atoms with Crippen molar-refractivity contribution in [1.29, 1.82) is 0 Å². The Morgan fingerprint density at radius 1 is 1.26 bits per heavy atom. The molecule has 1 N–H and O–H groups in total. The molecule has 0 spiro atoms. The van der Waals surface area contributed by atoms with Gasteiger partial charge < -0.3 is 9.47 Å². The topological polar surface area (TPSA) is 64.4 Å². The van der Waals surface area contributed by atoms with Gasteiger partial charge >= 0.3 is 0 Å². The molecule has 1 heterocycles. The molecule has 0 aliphatic rings. The van der Waals surface area contributed by atoms with Gasteiger partial charge in [-0.25, -0.2) is 5.10 Å². The fourth-order valence-electron chi connectivity index (χ4n) is 2.45. The van der Waals surface area contributed by atoms with Crippen molar-refractivity contribution in [2.45, 2.75) is 20.0 Å². The van der Waals surface area contributed by atoms with Crippen molar-refractivity contribution in [3.8, 4) is 22.9 Å². The molecule has 0 aliphatic heterocycles. The molecule has 0 amide bonds. The number of aromatic nitrogens is 3. The van der Waals surface area contributed by atoms with E-state index >= 15 is 0 Å². The summed E-state index contributed by atoms with van der Waals surface area (Å²) in [7, 11) is 1.63. The van der Waals surface area contributed by atoms with Gasteiger partial charge in [0.15, 0.2) is 5.82 Å². The first-order valence-corrected chi connectivity index (χ1v) is 9.50. The van der Waals surface area contributed by atoms with Gasteiger partial charge in [-0.15, -0.1) is 0 Å². The smallest absolute Gasteiger partial charge is 0.216 e. The molecule has 140 valence electrons. The molecule has 0 saturated heterocycles. The maximum atomic E-state index is 5.76. The van der Waals surface area contributed by atoms with Crippen LogP contribution in [-0.2, 0) is 0 Å². The second-order valence-electron chi connectivity index (χ2n) is 6.00. The Balaban J connectivity index is 1.93. The number of aromatic amines is 1. The van der Waals surface area contributed by atoms with Crippen LogP contribution < -0.4 is 9.47 Å². The van der Waals surface area contributed by atoms with E-state index < -0.39 is 0 Å². The number of nitrogens with zero attached hydrogens (tertiary/aromatic N) is 3. The number of benzene rings is 2. The van der Waals surface area contributed by atoms with Crippen LogP contribution in [0.4, 0.5) is 0 Å². The zero-order chi connectivity index (χ0) is 19.4. The van der Waals surface area contributed by atoms with E-state index in [0.29, 0.717) is 10.6 Å². The minimum Gasteiger partial charge on any atom is -0.496 e. The first-order chi connectivity index (χ1) is 13.0. The Morgan fingerprint density at radius 2 is 2.07 bits per heavy atom. The van der Waals surface area contributed by atoms with Crippen molar-refractivity contribution in [3.63, 3.8) is 0 Å². The summed E-state index contributed by atoms with van der Waals surface area (Å²) < 4.78 is 13.8. The predicted octanol–water partition coefficient (Wildman–Crippen LogP) is 5.05. The Labute approximate surface area is 171 Å². The Hall–Kier alpha value is -2.45. The maximum Gasteiger partial charge on any atom is 0.216 e. The Bertz CT molecular complexity index is 1030. The molecule has 0 radical (unpaired) electrons. The molecule has 1 aromatic heterocycles. The van der Waals surface area contributed by atoms with E-state index in [9.17, 15) is 0 Å². The average Bonchev–Trinajstić information content (AvgIpc) is 3.00. The molecule has 6 nitrogen and oxygen atoms in total. The Morgan fingerprint density at radius 3 is 2.78 bits per heavy atom. The summed E-state index contributed by atoms with van der Waals surface area (Å²) in [6.45, 7) is 3.97. The fraction of sp³-hybridized carbons (Fsp3) is 0.211. The molecule has 0 unspecified atom stereocenters. The van der Waals surface area contributed by atoms with Gasteiger partial charge in [-0.1, -0.05) is 12.1 Å². The number of methoxy groups -OCH3 is 1. The van der Waals surface area contributed by atoms with E-state index in [4.69, 9.17) is 21.7 Å². The van der Waals surface area contributed by atoms with Gasteiger partial charge in [0.25, 0.3) is 0 Å². The van der Waals surface area contributed by atoms with E-state index in [1.807, 2.05) is 56.3 Å². The molecule has 0 saturated carbocycles. The van der Waals surface area contributed by atoms with Crippen LogP contribution in [0.2, 0.25) is 0 Å². The predicted molar refractivity (Wildman–Crippen MR) is 112 cm³/mol. The molecule has 3 rings (SSSR count). The highest BCUT2D eigenvalue weighted by atomic mass is 79.9. The summed E-state index contributed by atoms with van der Waals surface area (Å²) in [6, 6.07) is 13.4. The van der Waals surface area contributed by atoms with Crippen molar-refractivity contribution < 1.29 is 9.47 Å². The van der Waals surface area contributed by atoms with Crippen molar-refractivity contribution in [1.82, 2.24) is 14.9 Å². The van der Waals surface area contributed by atoms with Crippen LogP contribution in [0.1, 0.15) is 19.4 Å². The van der Waals surface area contributed by atoms with Crippen LogP contribution in [0, 0.1) is 4.77 Å². The third kappa shape index (κ3) is 4.64. The zero-order valence-electron chi connectivity index (χ0n) is 15.1. The standard InChI is InChI=1S/C19H19BrN4O2S/c1-12(2)26-15-6-4-5-14(10-15)18-22-23-19(27)24(18)21-11-13-7-8-17(25-3)16(20)9-13/h4-12H,1-3H3,(H,23,27)/b21-11+. The van der Waals surface area contributed by atoms with Gasteiger partial charge in [-0.05, 0) is 77.9 Å². The quantitative estimate of drug-likeness (QED) is 0.425. The number of nitrogens with one attached hydrogen (secondary N) is 1. The second kappa shape index (κ2) is 8.49. The van der Waals surface area contributed by atoms with Crippen molar-refractivity contribution in [3.05, 3.63) is 57.3 Å². The third-order valence-electron chi connectivity index (χ3n) is 3.61. The highest BCUT2D eigenvalue weighted by molar-refractivity contribution is 9.10. The first-order valence-electron chi connectivity index (χ1n) is 8.30. The fourth-order valence-corrected chi connectivity index (χ4v) is 3.19. The lowest BCUT2D eigenvalue weighted by Gasteiger charge is -2.10. The molecule has 0 atom stereocenters. The molecule has 8 heteroatoms. The van der Waals surface area contributed by atoms with Gasteiger partial charge in [0.1, 0.15) is 11.5 Å². The minimum atomic E-state index is 0.0904. The van der Waals surface area contributed by atoms with Gasteiger partial charge in [-0.2, -0.15) is 14.9 Å². The summed E-state index contributed by atoms with van der Waals surface area (Å²) in [5, 5.41) is 11.6. The van der Waals surface area contributed by atoms with Crippen molar-refractivity contribution >= 4 is 34.4 Å². The molecule has 0 fully saturated rings. The van der Waals surface area contributed by atoms with Crippen LogP contribution in [-0.4, -0.2) is 34.3 Å². The summed E-state index contributed by atoms with van der Waals surface area (Å²) in [4.78, 5) is 0. The van der Waals surface area contributed by atoms with Crippen molar-refractivity contribution in [2.75, 3.05) is 7.11 Å². The largest absolute Gasteiger partial charge is 0.496 e. The monoisotopic (exact) mass is 446 g/mol. The van der Waals surface area contributed by atoms with Gasteiger partial charge in [-0.3, -0.25) is 0 Å². The van der Waals surface area contributed by atoms with Gasteiger partial charge in [0, 0.05) is 5.56 Å². The lowest BCUT2D eigenvalue weighted by atomic mass is 10.2. The maximum absolute atomic E-state index is 5.76. The summed E-state index contributed by atoms with van der Waals surface area (Å²) >= 11 is 8.80. The number of hydrogen-bond donors (Lipinski definition) is 1. The molecular weight excluding hydrogens is 428 g/mol. The normalized spacial score (nSPS) is 11.3. The highest BCUT2D eigenvalue weighted by Crippen LogP contribution is 2.25.